The van der Waals surface area contributed by atoms with Gasteiger partial charge >= 0.3 is 11.9 Å². The normalized spacial score (nSPS) is 33.5. The lowest BCUT2D eigenvalue weighted by molar-refractivity contribution is -0.272. The van der Waals surface area contributed by atoms with Crippen LogP contribution in [-0.4, -0.2) is 43.7 Å². The lowest BCUT2D eigenvalue weighted by Crippen LogP contribution is -2.53. The molecule has 0 amide bonds. The van der Waals surface area contributed by atoms with Crippen molar-refractivity contribution in [3.05, 3.63) is 0 Å². The van der Waals surface area contributed by atoms with Crippen LogP contribution in [0, 0.1) is 11.8 Å². The number of carbonyl (C=O) groups is 2. The van der Waals surface area contributed by atoms with Gasteiger partial charge in [-0.15, -0.1) is 0 Å². The summed E-state index contributed by atoms with van der Waals surface area (Å²) in [6.07, 6.45) is -1.34. The predicted molar refractivity (Wildman–Crippen MR) is 70.8 cm³/mol. The van der Waals surface area contributed by atoms with Crippen molar-refractivity contribution < 1.29 is 28.5 Å². The molecule has 116 valence electrons. The molecule has 0 bridgehead atoms. The molecule has 0 aliphatic carbocycles. The molecule has 0 N–H and O–H groups in total. The lowest BCUT2D eigenvalue weighted by Gasteiger charge is -2.43. The number of hydrogen-bond acceptors (Lipinski definition) is 6. The summed E-state index contributed by atoms with van der Waals surface area (Å²) in [5.74, 6) is -0.646. The summed E-state index contributed by atoms with van der Waals surface area (Å²) in [5, 5.41) is 0. The minimum Gasteiger partial charge on any atom is -0.463 e. The Labute approximate surface area is 119 Å². The topological polar surface area (TPSA) is 71.1 Å². The van der Waals surface area contributed by atoms with Gasteiger partial charge in [-0.1, -0.05) is 13.8 Å². The maximum Gasteiger partial charge on any atom is 0.303 e. The van der Waals surface area contributed by atoms with Gasteiger partial charge in [0.25, 0.3) is 0 Å². The van der Waals surface area contributed by atoms with E-state index < -0.39 is 18.2 Å². The van der Waals surface area contributed by atoms with Gasteiger partial charge in [0, 0.05) is 32.3 Å². The third-order valence-electron chi connectivity index (χ3n) is 3.54. The molecule has 5 atom stereocenters. The van der Waals surface area contributed by atoms with Gasteiger partial charge in [0.05, 0.1) is 0 Å². The fourth-order valence-electron chi connectivity index (χ4n) is 2.32. The fraction of sp³-hybridized carbons (Fsp3) is 0.857. The zero-order valence-corrected chi connectivity index (χ0v) is 12.8. The van der Waals surface area contributed by atoms with Crippen LogP contribution in [0.2, 0.25) is 0 Å². The van der Waals surface area contributed by atoms with E-state index in [0.29, 0.717) is 6.61 Å². The minimum absolute atomic E-state index is 0.0461. The average Bonchev–Trinajstić information content (AvgIpc) is 2.36. The SMILES string of the molecule is CCOC1OC(COC(C)=O)C(OC(C)=O)C(C)C1C. The molecule has 0 saturated carbocycles. The second kappa shape index (κ2) is 7.59. The van der Waals surface area contributed by atoms with Crippen molar-refractivity contribution in [3.63, 3.8) is 0 Å². The molecule has 0 aromatic rings. The fourth-order valence-corrected chi connectivity index (χ4v) is 2.32. The molecule has 1 saturated heterocycles. The highest BCUT2D eigenvalue weighted by Crippen LogP contribution is 2.33. The summed E-state index contributed by atoms with van der Waals surface area (Å²) in [6.45, 7) is 9.12. The number of ether oxygens (including phenoxy) is 4. The molecule has 0 radical (unpaired) electrons. The van der Waals surface area contributed by atoms with Gasteiger partial charge in [-0.2, -0.15) is 0 Å². The van der Waals surface area contributed by atoms with Crippen LogP contribution in [-0.2, 0) is 28.5 Å². The summed E-state index contributed by atoms with van der Waals surface area (Å²) in [7, 11) is 0. The molecule has 1 rings (SSSR count). The number of hydrogen-bond donors (Lipinski definition) is 0. The van der Waals surface area contributed by atoms with Gasteiger partial charge in [-0.25, -0.2) is 0 Å². The third-order valence-corrected chi connectivity index (χ3v) is 3.54. The second-order valence-electron chi connectivity index (χ2n) is 5.09. The van der Waals surface area contributed by atoms with Crippen molar-refractivity contribution in [1.29, 1.82) is 0 Å². The molecule has 0 spiro atoms. The molecular weight excluding hydrogens is 264 g/mol. The highest BCUT2D eigenvalue weighted by Gasteiger charge is 2.44. The Morgan fingerprint density at radius 2 is 1.75 bits per heavy atom. The Balaban J connectivity index is 2.80. The quantitative estimate of drug-likeness (QED) is 0.714. The third kappa shape index (κ3) is 4.45. The Morgan fingerprint density at radius 1 is 1.10 bits per heavy atom. The molecule has 1 fully saturated rings. The van der Waals surface area contributed by atoms with Gasteiger partial charge in [0.2, 0.25) is 0 Å². The van der Waals surface area contributed by atoms with Crippen LogP contribution in [0.4, 0.5) is 0 Å². The number of carbonyl (C=O) groups excluding carboxylic acids is 2. The van der Waals surface area contributed by atoms with E-state index >= 15 is 0 Å². The molecule has 1 heterocycles. The van der Waals surface area contributed by atoms with E-state index in [1.807, 2.05) is 20.8 Å². The first kappa shape index (κ1) is 16.9. The largest absolute Gasteiger partial charge is 0.463 e. The van der Waals surface area contributed by atoms with Crippen LogP contribution in [0.1, 0.15) is 34.6 Å². The molecule has 6 heteroatoms. The van der Waals surface area contributed by atoms with Crippen molar-refractivity contribution in [2.75, 3.05) is 13.2 Å². The Bertz CT molecular complexity index is 343. The first-order valence-corrected chi connectivity index (χ1v) is 6.94. The summed E-state index contributed by atoms with van der Waals surface area (Å²) >= 11 is 0. The minimum atomic E-state index is -0.509. The van der Waals surface area contributed by atoms with Crippen molar-refractivity contribution in [2.45, 2.75) is 53.1 Å². The zero-order chi connectivity index (χ0) is 15.3. The summed E-state index contributed by atoms with van der Waals surface area (Å²) in [5.41, 5.74) is 0. The van der Waals surface area contributed by atoms with Crippen LogP contribution in [0.5, 0.6) is 0 Å². The molecule has 0 aromatic heterocycles. The maximum absolute atomic E-state index is 11.2. The highest BCUT2D eigenvalue weighted by molar-refractivity contribution is 5.66. The Hall–Kier alpha value is -1.14. The molecule has 1 aliphatic rings. The van der Waals surface area contributed by atoms with E-state index in [9.17, 15) is 9.59 Å². The average molecular weight is 288 g/mol. The predicted octanol–water partition coefficient (Wildman–Crippen LogP) is 1.51. The Kier molecular flexibility index (Phi) is 6.42. The Morgan fingerprint density at radius 3 is 2.25 bits per heavy atom. The molecule has 5 unspecified atom stereocenters. The second-order valence-corrected chi connectivity index (χ2v) is 5.09. The summed E-state index contributed by atoms with van der Waals surface area (Å²) in [4.78, 5) is 22.2. The van der Waals surface area contributed by atoms with Crippen LogP contribution in [0.15, 0.2) is 0 Å². The van der Waals surface area contributed by atoms with E-state index in [0.717, 1.165) is 0 Å². The van der Waals surface area contributed by atoms with Crippen LogP contribution in [0.25, 0.3) is 0 Å². The van der Waals surface area contributed by atoms with E-state index in [1.165, 1.54) is 13.8 Å². The van der Waals surface area contributed by atoms with Gasteiger partial charge in [0.15, 0.2) is 6.29 Å². The molecule has 0 aromatic carbocycles. The standard InChI is InChI=1S/C14H24O6/c1-6-17-14-9(3)8(2)13(19-11(5)16)12(20-14)7-18-10(4)15/h8-9,12-14H,6-7H2,1-5H3. The smallest absolute Gasteiger partial charge is 0.303 e. The molecule has 1 aliphatic heterocycles. The van der Waals surface area contributed by atoms with Crippen LogP contribution in [0.3, 0.4) is 0 Å². The van der Waals surface area contributed by atoms with Gasteiger partial charge in [-0.3, -0.25) is 9.59 Å². The monoisotopic (exact) mass is 288 g/mol. The van der Waals surface area contributed by atoms with Crippen LogP contribution < -0.4 is 0 Å². The van der Waals surface area contributed by atoms with E-state index in [2.05, 4.69) is 0 Å². The zero-order valence-electron chi connectivity index (χ0n) is 12.8. The van der Waals surface area contributed by atoms with Gasteiger partial charge in [0.1, 0.15) is 18.8 Å². The van der Waals surface area contributed by atoms with Crippen molar-refractivity contribution in [1.82, 2.24) is 0 Å². The van der Waals surface area contributed by atoms with Crippen molar-refractivity contribution in [3.8, 4) is 0 Å². The number of esters is 2. The lowest BCUT2D eigenvalue weighted by atomic mass is 9.84. The number of rotatable bonds is 5. The van der Waals surface area contributed by atoms with Crippen LogP contribution >= 0.6 is 0 Å². The highest BCUT2D eigenvalue weighted by atomic mass is 16.7. The molecule has 6 nitrogen and oxygen atoms in total. The maximum atomic E-state index is 11.2. The van der Waals surface area contributed by atoms with Crippen molar-refractivity contribution in [2.24, 2.45) is 11.8 Å². The molecular formula is C14H24O6. The van der Waals surface area contributed by atoms with E-state index in [1.54, 1.807) is 0 Å². The summed E-state index contributed by atoms with van der Waals surface area (Å²) in [6, 6.07) is 0. The van der Waals surface area contributed by atoms with Crippen molar-refractivity contribution >= 4 is 11.9 Å². The molecule has 20 heavy (non-hydrogen) atoms. The van der Waals surface area contributed by atoms with Gasteiger partial charge in [-0.05, 0) is 6.92 Å². The van der Waals surface area contributed by atoms with Gasteiger partial charge < -0.3 is 18.9 Å². The summed E-state index contributed by atoms with van der Waals surface area (Å²) < 4.78 is 21.7. The van der Waals surface area contributed by atoms with E-state index in [4.69, 9.17) is 18.9 Å². The first-order valence-electron chi connectivity index (χ1n) is 6.94. The van der Waals surface area contributed by atoms with E-state index in [-0.39, 0.29) is 30.7 Å². The first-order chi connectivity index (χ1) is 9.36.